The molecule has 0 saturated heterocycles. The van der Waals surface area contributed by atoms with E-state index in [1.54, 1.807) is 35.2 Å². The maximum absolute atomic E-state index is 13.1. The molecule has 4 heteroatoms. The summed E-state index contributed by atoms with van der Waals surface area (Å²) in [6, 6.07) is 12.3. The number of aromatic nitrogens is 2. The van der Waals surface area contributed by atoms with E-state index < -0.39 is 5.60 Å². The van der Waals surface area contributed by atoms with Gasteiger partial charge >= 0.3 is 0 Å². The molecule has 3 nitrogen and oxygen atoms in total. The van der Waals surface area contributed by atoms with E-state index in [2.05, 4.69) is 24.3 Å². The molecule has 1 aromatic heterocycles. The van der Waals surface area contributed by atoms with Crippen LogP contribution in [-0.2, 0) is 6.42 Å². The first-order chi connectivity index (χ1) is 13.8. The summed E-state index contributed by atoms with van der Waals surface area (Å²) >= 11 is 0. The van der Waals surface area contributed by atoms with Crippen molar-refractivity contribution in [2.75, 3.05) is 0 Å². The fraction of sp³-hybridized carbons (Fsp3) is 0.240. The van der Waals surface area contributed by atoms with Crippen LogP contribution in [0.2, 0.25) is 0 Å². The van der Waals surface area contributed by atoms with Crippen molar-refractivity contribution in [1.29, 1.82) is 0 Å². The molecule has 2 aromatic carbocycles. The number of halogens is 1. The van der Waals surface area contributed by atoms with Crippen LogP contribution in [0.1, 0.15) is 32.8 Å². The lowest BCUT2D eigenvalue weighted by molar-refractivity contribution is 0.0608. The average molecular weight is 393 g/mol. The molecule has 152 valence electrons. The minimum absolute atomic E-state index is 0.263. The highest BCUT2D eigenvalue weighted by molar-refractivity contribution is 5.81. The van der Waals surface area contributed by atoms with Gasteiger partial charge in [-0.05, 0) is 69.2 Å². The first-order valence-electron chi connectivity index (χ1n) is 9.60. The molecule has 3 rings (SSSR count). The normalized spacial score (nSPS) is 13.3. The second kappa shape index (κ2) is 9.99. The largest absolute Gasteiger partial charge is 0.390 e. The van der Waals surface area contributed by atoms with E-state index in [9.17, 15) is 9.50 Å². The van der Waals surface area contributed by atoms with Crippen molar-refractivity contribution in [3.8, 4) is 5.69 Å². The highest BCUT2D eigenvalue weighted by Crippen LogP contribution is 2.25. The molecule has 0 radical (unpaired) electrons. The maximum atomic E-state index is 13.1. The first-order valence-corrected chi connectivity index (χ1v) is 9.60. The van der Waals surface area contributed by atoms with Crippen LogP contribution in [0.3, 0.4) is 0 Å². The van der Waals surface area contributed by atoms with Crippen molar-refractivity contribution in [2.24, 2.45) is 0 Å². The number of rotatable bonds is 6. The standard InChI is InChI=1S/C21H23FN2O.C4H6/c1-4-15(2)12-21(3,25)13-16-5-10-20-17(11-16)14-23-24(20)19-8-6-18(22)7-9-19;1-3-4-2/h4-11,14,25H,12-13H2,1-3H3;3-4H,1-2H2/b15-4+;. The number of benzene rings is 2. The molecule has 1 N–H and O–H groups in total. The fourth-order valence-electron chi connectivity index (χ4n) is 3.19. The van der Waals surface area contributed by atoms with Crippen molar-refractivity contribution >= 4 is 10.9 Å². The summed E-state index contributed by atoms with van der Waals surface area (Å²) in [4.78, 5) is 0. The monoisotopic (exact) mass is 392 g/mol. The van der Waals surface area contributed by atoms with Gasteiger partial charge in [-0.25, -0.2) is 9.07 Å². The first kappa shape index (κ1) is 22.3. The maximum Gasteiger partial charge on any atom is 0.123 e. The lowest BCUT2D eigenvalue weighted by Gasteiger charge is -2.24. The molecule has 1 unspecified atom stereocenters. The van der Waals surface area contributed by atoms with E-state index in [-0.39, 0.29) is 5.82 Å². The van der Waals surface area contributed by atoms with Gasteiger partial charge in [0.15, 0.2) is 0 Å². The summed E-state index contributed by atoms with van der Waals surface area (Å²) in [7, 11) is 0. The van der Waals surface area contributed by atoms with Crippen molar-refractivity contribution in [1.82, 2.24) is 9.78 Å². The number of aliphatic hydroxyl groups is 1. The van der Waals surface area contributed by atoms with E-state index in [1.807, 2.05) is 39.0 Å². The van der Waals surface area contributed by atoms with E-state index in [0.717, 1.165) is 22.2 Å². The van der Waals surface area contributed by atoms with E-state index >= 15 is 0 Å². The Morgan fingerprint density at radius 2 is 1.83 bits per heavy atom. The van der Waals surface area contributed by atoms with Gasteiger partial charge in [0.25, 0.3) is 0 Å². The molecule has 0 aliphatic rings. The van der Waals surface area contributed by atoms with Crippen LogP contribution >= 0.6 is 0 Å². The Hall–Kier alpha value is -2.98. The summed E-state index contributed by atoms with van der Waals surface area (Å²) in [6.07, 6.45) is 8.34. The summed E-state index contributed by atoms with van der Waals surface area (Å²) < 4.78 is 14.9. The number of allylic oxidation sites excluding steroid dienone is 3. The van der Waals surface area contributed by atoms with Gasteiger partial charge in [-0.15, -0.1) is 0 Å². The third kappa shape index (κ3) is 6.26. The Balaban J connectivity index is 0.000000687. The third-order valence-electron chi connectivity index (χ3n) is 4.61. The van der Waals surface area contributed by atoms with Crippen LogP contribution < -0.4 is 0 Å². The lowest BCUT2D eigenvalue weighted by Crippen LogP contribution is -2.27. The van der Waals surface area contributed by atoms with Gasteiger partial charge in [0.1, 0.15) is 5.82 Å². The molecular formula is C25H29FN2O. The predicted molar refractivity (Wildman–Crippen MR) is 120 cm³/mol. The number of nitrogens with zero attached hydrogens (tertiary/aromatic N) is 2. The highest BCUT2D eigenvalue weighted by atomic mass is 19.1. The minimum Gasteiger partial charge on any atom is -0.390 e. The van der Waals surface area contributed by atoms with Gasteiger partial charge < -0.3 is 5.11 Å². The molecule has 29 heavy (non-hydrogen) atoms. The quantitative estimate of drug-likeness (QED) is 0.402. The van der Waals surface area contributed by atoms with Gasteiger partial charge in [-0.3, -0.25) is 0 Å². The van der Waals surface area contributed by atoms with Crippen LogP contribution in [0.5, 0.6) is 0 Å². The molecule has 1 atom stereocenters. The van der Waals surface area contributed by atoms with E-state index in [4.69, 9.17) is 0 Å². The van der Waals surface area contributed by atoms with Crippen LogP contribution in [0.15, 0.2) is 85.6 Å². The van der Waals surface area contributed by atoms with E-state index in [0.29, 0.717) is 12.8 Å². The smallest absolute Gasteiger partial charge is 0.123 e. The Morgan fingerprint density at radius 3 is 2.41 bits per heavy atom. The van der Waals surface area contributed by atoms with Gasteiger partial charge in [-0.2, -0.15) is 5.10 Å². The number of fused-ring (bicyclic) bond motifs is 1. The number of hydrogen-bond donors (Lipinski definition) is 1. The zero-order valence-electron chi connectivity index (χ0n) is 17.4. The lowest BCUT2D eigenvalue weighted by atomic mass is 9.90. The van der Waals surface area contributed by atoms with Gasteiger partial charge in [-0.1, -0.05) is 43.0 Å². The summed E-state index contributed by atoms with van der Waals surface area (Å²) in [5.41, 5.74) is 3.24. The van der Waals surface area contributed by atoms with Crippen molar-refractivity contribution in [2.45, 2.75) is 39.2 Å². The summed E-state index contributed by atoms with van der Waals surface area (Å²) in [6.45, 7) is 12.6. The molecule has 0 fully saturated rings. The Bertz CT molecular complexity index is 991. The molecule has 1 heterocycles. The van der Waals surface area contributed by atoms with Crippen molar-refractivity contribution in [3.63, 3.8) is 0 Å². The molecular weight excluding hydrogens is 363 g/mol. The molecule has 3 aromatic rings. The SMILES string of the molecule is C/C=C(\C)CC(C)(O)Cc1ccc2c(cnn2-c2ccc(F)cc2)c1.C=CC=C. The zero-order valence-corrected chi connectivity index (χ0v) is 17.4. The second-order valence-corrected chi connectivity index (χ2v) is 7.38. The topological polar surface area (TPSA) is 38.1 Å². The van der Waals surface area contributed by atoms with Crippen LogP contribution in [0.4, 0.5) is 4.39 Å². The predicted octanol–water partition coefficient (Wildman–Crippen LogP) is 6.17. The molecule has 0 aliphatic heterocycles. The molecule has 0 aliphatic carbocycles. The van der Waals surface area contributed by atoms with Crippen molar-refractivity contribution in [3.05, 3.63) is 97.0 Å². The van der Waals surface area contributed by atoms with E-state index in [1.165, 1.54) is 17.7 Å². The van der Waals surface area contributed by atoms with Gasteiger partial charge in [0, 0.05) is 11.8 Å². The van der Waals surface area contributed by atoms with Crippen molar-refractivity contribution < 1.29 is 9.50 Å². The summed E-state index contributed by atoms with van der Waals surface area (Å²) in [5.74, 6) is -0.263. The molecule has 0 bridgehead atoms. The fourth-order valence-corrected chi connectivity index (χ4v) is 3.19. The third-order valence-corrected chi connectivity index (χ3v) is 4.61. The van der Waals surface area contributed by atoms with Gasteiger partial charge in [0.05, 0.1) is 23.0 Å². The zero-order chi connectivity index (χ0) is 21.4. The average Bonchev–Trinajstić information content (AvgIpc) is 3.11. The Labute approximate surface area is 172 Å². The Kier molecular flexibility index (Phi) is 7.68. The molecule has 0 saturated carbocycles. The highest BCUT2D eigenvalue weighted by Gasteiger charge is 2.21. The van der Waals surface area contributed by atoms with Crippen LogP contribution in [0, 0.1) is 5.82 Å². The number of hydrogen-bond acceptors (Lipinski definition) is 2. The molecule has 0 spiro atoms. The second-order valence-electron chi connectivity index (χ2n) is 7.38. The molecule has 0 amide bonds. The summed E-state index contributed by atoms with van der Waals surface area (Å²) in [5, 5.41) is 16.1. The van der Waals surface area contributed by atoms with Crippen LogP contribution in [0.25, 0.3) is 16.6 Å². The van der Waals surface area contributed by atoms with Gasteiger partial charge in [0.2, 0.25) is 0 Å². The Morgan fingerprint density at radius 1 is 1.17 bits per heavy atom. The minimum atomic E-state index is -0.781. The van der Waals surface area contributed by atoms with Crippen LogP contribution in [-0.4, -0.2) is 20.5 Å².